The van der Waals surface area contributed by atoms with Crippen LogP contribution in [0.4, 0.5) is 0 Å². The molecule has 1 amide bonds. The lowest BCUT2D eigenvalue weighted by molar-refractivity contribution is -0.143. The number of carboxylic acids is 1. The van der Waals surface area contributed by atoms with E-state index in [0.717, 1.165) is 5.69 Å². The zero-order valence-electron chi connectivity index (χ0n) is 12.1. The minimum Gasteiger partial charge on any atom is -0.481 e. The van der Waals surface area contributed by atoms with E-state index in [9.17, 15) is 9.59 Å². The van der Waals surface area contributed by atoms with Crippen LogP contribution in [0.15, 0.2) is 42.7 Å². The average Bonchev–Trinajstić information content (AvgIpc) is 3.09. The van der Waals surface area contributed by atoms with Crippen LogP contribution in [0, 0.1) is 5.92 Å². The van der Waals surface area contributed by atoms with Crippen molar-refractivity contribution in [1.82, 2.24) is 14.7 Å². The number of rotatable bonds is 3. The molecule has 3 rings (SSSR count). The first-order chi connectivity index (χ1) is 10.6. The molecule has 2 heterocycles. The van der Waals surface area contributed by atoms with Crippen molar-refractivity contribution in [2.75, 3.05) is 13.1 Å². The van der Waals surface area contributed by atoms with Crippen molar-refractivity contribution in [3.8, 4) is 5.69 Å². The predicted molar refractivity (Wildman–Crippen MR) is 79.8 cm³/mol. The zero-order valence-corrected chi connectivity index (χ0v) is 12.1. The molecule has 22 heavy (non-hydrogen) atoms. The van der Waals surface area contributed by atoms with Gasteiger partial charge >= 0.3 is 5.97 Å². The van der Waals surface area contributed by atoms with E-state index >= 15 is 0 Å². The Hall–Kier alpha value is -2.63. The van der Waals surface area contributed by atoms with Crippen molar-refractivity contribution in [3.05, 3.63) is 48.3 Å². The maximum Gasteiger partial charge on any atom is 0.306 e. The molecule has 0 spiro atoms. The van der Waals surface area contributed by atoms with E-state index in [1.807, 2.05) is 24.4 Å². The Balaban J connectivity index is 1.73. The van der Waals surface area contributed by atoms with Gasteiger partial charge in [0.05, 0.1) is 11.6 Å². The van der Waals surface area contributed by atoms with E-state index in [1.165, 1.54) is 0 Å². The van der Waals surface area contributed by atoms with E-state index in [-0.39, 0.29) is 11.8 Å². The van der Waals surface area contributed by atoms with Gasteiger partial charge in [0.25, 0.3) is 5.91 Å². The molecule has 0 aliphatic carbocycles. The van der Waals surface area contributed by atoms with Crippen LogP contribution in [-0.4, -0.2) is 44.8 Å². The number of carbonyl (C=O) groups is 2. The van der Waals surface area contributed by atoms with Crippen LogP contribution in [0.1, 0.15) is 23.2 Å². The summed E-state index contributed by atoms with van der Waals surface area (Å²) in [5.74, 6) is -1.16. The van der Waals surface area contributed by atoms with Crippen molar-refractivity contribution in [2.45, 2.75) is 12.8 Å². The second-order valence-corrected chi connectivity index (χ2v) is 5.41. The number of aromatic nitrogens is 2. The molecule has 6 heteroatoms. The van der Waals surface area contributed by atoms with Crippen LogP contribution in [0.25, 0.3) is 5.69 Å². The highest BCUT2D eigenvalue weighted by atomic mass is 16.4. The lowest BCUT2D eigenvalue weighted by Crippen LogP contribution is -2.40. The van der Waals surface area contributed by atoms with Gasteiger partial charge in [-0.1, -0.05) is 6.07 Å². The number of hydrogen-bond donors (Lipinski definition) is 1. The number of benzene rings is 1. The molecule has 1 N–H and O–H groups in total. The summed E-state index contributed by atoms with van der Waals surface area (Å²) >= 11 is 0. The molecule has 0 bridgehead atoms. The summed E-state index contributed by atoms with van der Waals surface area (Å²) < 4.78 is 1.70. The lowest BCUT2D eigenvalue weighted by Gasteiger charge is -2.30. The number of carboxylic acid groups (broad SMARTS) is 1. The minimum absolute atomic E-state index is 0.0576. The van der Waals surface area contributed by atoms with Crippen LogP contribution >= 0.6 is 0 Å². The second-order valence-electron chi connectivity index (χ2n) is 5.41. The smallest absolute Gasteiger partial charge is 0.306 e. The third-order valence-corrected chi connectivity index (χ3v) is 3.99. The van der Waals surface area contributed by atoms with E-state index < -0.39 is 5.97 Å². The largest absolute Gasteiger partial charge is 0.481 e. The molecule has 1 aliphatic heterocycles. The van der Waals surface area contributed by atoms with Crippen LogP contribution in [0.2, 0.25) is 0 Å². The molecule has 1 aliphatic rings. The Kier molecular flexibility index (Phi) is 3.91. The van der Waals surface area contributed by atoms with Crippen LogP contribution in [0.5, 0.6) is 0 Å². The summed E-state index contributed by atoms with van der Waals surface area (Å²) in [6.07, 6.45) is 4.53. The number of amides is 1. The number of nitrogens with zero attached hydrogens (tertiary/aromatic N) is 3. The summed E-state index contributed by atoms with van der Waals surface area (Å²) in [5.41, 5.74) is 1.43. The summed E-state index contributed by atoms with van der Waals surface area (Å²) in [5, 5.41) is 13.2. The molecule has 6 nitrogen and oxygen atoms in total. The highest BCUT2D eigenvalue weighted by Crippen LogP contribution is 2.20. The summed E-state index contributed by atoms with van der Waals surface area (Å²) in [7, 11) is 0. The molecular weight excluding hydrogens is 282 g/mol. The Morgan fingerprint density at radius 1 is 1.18 bits per heavy atom. The average molecular weight is 299 g/mol. The molecule has 1 aromatic carbocycles. The molecule has 1 aromatic heterocycles. The number of piperidine rings is 1. The predicted octanol–water partition coefficient (Wildman–Crippen LogP) is 1.81. The van der Waals surface area contributed by atoms with Gasteiger partial charge in [-0.3, -0.25) is 9.59 Å². The van der Waals surface area contributed by atoms with Gasteiger partial charge in [-0.2, -0.15) is 5.10 Å². The van der Waals surface area contributed by atoms with Gasteiger partial charge in [-0.15, -0.1) is 0 Å². The number of carbonyl (C=O) groups excluding carboxylic acids is 1. The topological polar surface area (TPSA) is 75.4 Å². The first-order valence-corrected chi connectivity index (χ1v) is 7.27. The summed E-state index contributed by atoms with van der Waals surface area (Å²) in [4.78, 5) is 25.2. The molecule has 0 atom stereocenters. The molecule has 0 saturated carbocycles. The van der Waals surface area contributed by atoms with Gasteiger partial charge in [-0.25, -0.2) is 4.68 Å². The molecule has 1 fully saturated rings. The normalized spacial score (nSPS) is 15.7. The number of aliphatic carboxylic acids is 1. The fraction of sp³-hybridized carbons (Fsp3) is 0.312. The maximum absolute atomic E-state index is 12.5. The molecule has 0 radical (unpaired) electrons. The Morgan fingerprint density at radius 2 is 1.95 bits per heavy atom. The van der Waals surface area contributed by atoms with E-state index in [1.54, 1.807) is 27.9 Å². The van der Waals surface area contributed by atoms with E-state index in [0.29, 0.717) is 31.5 Å². The van der Waals surface area contributed by atoms with Crippen LogP contribution < -0.4 is 0 Å². The molecule has 0 unspecified atom stereocenters. The Bertz CT molecular complexity index is 674. The van der Waals surface area contributed by atoms with Gasteiger partial charge in [0, 0.05) is 31.0 Å². The SMILES string of the molecule is O=C(O)C1CCN(C(=O)c2cccc(-n3cccn3)c2)CC1. The van der Waals surface area contributed by atoms with E-state index in [2.05, 4.69) is 5.10 Å². The first-order valence-electron chi connectivity index (χ1n) is 7.27. The van der Waals surface area contributed by atoms with Gasteiger partial charge in [0.1, 0.15) is 0 Å². The monoisotopic (exact) mass is 299 g/mol. The van der Waals surface area contributed by atoms with E-state index in [4.69, 9.17) is 5.11 Å². The molecular formula is C16H17N3O3. The summed E-state index contributed by atoms with van der Waals surface area (Å²) in [6.45, 7) is 0.976. The van der Waals surface area contributed by atoms with Crippen LogP contribution in [0.3, 0.4) is 0 Å². The van der Waals surface area contributed by atoms with Gasteiger partial charge < -0.3 is 10.0 Å². The van der Waals surface area contributed by atoms with Gasteiger partial charge in [0.15, 0.2) is 0 Å². The number of hydrogen-bond acceptors (Lipinski definition) is 3. The highest BCUT2D eigenvalue weighted by Gasteiger charge is 2.27. The Morgan fingerprint density at radius 3 is 2.59 bits per heavy atom. The number of likely N-dealkylation sites (tertiary alicyclic amines) is 1. The third kappa shape index (κ3) is 2.86. The molecule has 2 aromatic rings. The van der Waals surface area contributed by atoms with Crippen molar-refractivity contribution in [2.24, 2.45) is 5.92 Å². The first kappa shape index (κ1) is 14.3. The fourth-order valence-electron chi connectivity index (χ4n) is 2.72. The minimum atomic E-state index is -0.771. The molecule has 114 valence electrons. The maximum atomic E-state index is 12.5. The van der Waals surface area contributed by atoms with Crippen molar-refractivity contribution >= 4 is 11.9 Å². The van der Waals surface area contributed by atoms with Gasteiger partial charge in [-0.05, 0) is 37.1 Å². The van der Waals surface area contributed by atoms with Crippen molar-refractivity contribution in [1.29, 1.82) is 0 Å². The highest BCUT2D eigenvalue weighted by molar-refractivity contribution is 5.95. The third-order valence-electron chi connectivity index (χ3n) is 3.99. The second kappa shape index (κ2) is 6.01. The van der Waals surface area contributed by atoms with Gasteiger partial charge in [0.2, 0.25) is 0 Å². The van der Waals surface area contributed by atoms with Crippen molar-refractivity contribution < 1.29 is 14.7 Å². The zero-order chi connectivity index (χ0) is 15.5. The Labute approximate surface area is 128 Å². The molecule has 1 saturated heterocycles. The van der Waals surface area contributed by atoms with Crippen molar-refractivity contribution in [3.63, 3.8) is 0 Å². The summed E-state index contributed by atoms with van der Waals surface area (Å²) in [6, 6.07) is 9.12. The fourth-order valence-corrected chi connectivity index (χ4v) is 2.72. The van der Waals surface area contributed by atoms with Crippen LogP contribution in [-0.2, 0) is 4.79 Å². The lowest BCUT2D eigenvalue weighted by atomic mass is 9.96. The standard InChI is InChI=1S/C16H17N3O3/c20-15(18-9-5-12(6-10-18)16(21)22)13-3-1-4-14(11-13)19-8-2-7-17-19/h1-4,7-8,11-12H,5-6,9-10H2,(H,21,22). The quantitative estimate of drug-likeness (QED) is 0.938.